The molecule has 4 nitrogen and oxygen atoms in total. The van der Waals surface area contributed by atoms with Gasteiger partial charge in [0, 0.05) is 18.0 Å². The maximum absolute atomic E-state index is 11.3. The van der Waals surface area contributed by atoms with Crippen molar-refractivity contribution < 1.29 is 4.79 Å². The van der Waals surface area contributed by atoms with Crippen LogP contribution in [0.3, 0.4) is 0 Å². The third-order valence-corrected chi connectivity index (χ3v) is 2.82. The molecule has 0 aliphatic rings. The van der Waals surface area contributed by atoms with Crippen LogP contribution >= 0.6 is 0 Å². The van der Waals surface area contributed by atoms with Crippen LogP contribution in [0.15, 0.2) is 18.2 Å². The fraction of sp³-hybridized carbons (Fsp3) is 0.167. The van der Waals surface area contributed by atoms with Crippen molar-refractivity contribution in [3.05, 3.63) is 35.0 Å². The highest BCUT2D eigenvalue weighted by Crippen LogP contribution is 2.25. The average molecular weight is 213 g/mol. The summed E-state index contributed by atoms with van der Waals surface area (Å²) in [6.07, 6.45) is 0. The first-order valence-electron chi connectivity index (χ1n) is 4.85. The van der Waals surface area contributed by atoms with E-state index in [1.54, 1.807) is 23.7 Å². The van der Waals surface area contributed by atoms with Gasteiger partial charge in [-0.25, -0.2) is 0 Å². The van der Waals surface area contributed by atoms with Crippen LogP contribution in [-0.4, -0.2) is 10.5 Å². The second-order valence-corrected chi connectivity index (χ2v) is 3.74. The molecule has 0 saturated heterocycles. The van der Waals surface area contributed by atoms with Crippen LogP contribution in [0.2, 0.25) is 0 Å². The highest BCUT2D eigenvalue weighted by atomic mass is 16.1. The van der Waals surface area contributed by atoms with E-state index in [4.69, 9.17) is 11.0 Å². The minimum Gasteiger partial charge on any atom is -0.364 e. The molecule has 0 fully saturated rings. The van der Waals surface area contributed by atoms with E-state index >= 15 is 0 Å². The van der Waals surface area contributed by atoms with Gasteiger partial charge in [-0.05, 0) is 30.7 Å². The largest absolute Gasteiger partial charge is 0.364 e. The van der Waals surface area contributed by atoms with Crippen molar-refractivity contribution in [3.63, 3.8) is 0 Å². The Bertz CT molecular complexity index is 632. The number of rotatable bonds is 1. The summed E-state index contributed by atoms with van der Waals surface area (Å²) < 4.78 is 1.76. The second kappa shape index (κ2) is 3.38. The molecule has 1 heterocycles. The minimum absolute atomic E-state index is 0.449. The number of fused-ring (bicyclic) bond motifs is 1. The molecule has 2 rings (SSSR count). The van der Waals surface area contributed by atoms with Crippen molar-refractivity contribution in [2.75, 3.05) is 0 Å². The maximum atomic E-state index is 11.3. The number of aryl methyl sites for hydroxylation is 2. The number of carbonyl (C=O) groups is 1. The lowest BCUT2D eigenvalue weighted by Gasteiger charge is -1.99. The highest BCUT2D eigenvalue weighted by Gasteiger charge is 2.15. The Morgan fingerprint density at radius 1 is 1.50 bits per heavy atom. The Labute approximate surface area is 92.9 Å². The van der Waals surface area contributed by atoms with Gasteiger partial charge in [0.1, 0.15) is 5.69 Å². The van der Waals surface area contributed by atoms with Crippen LogP contribution in [0.4, 0.5) is 0 Å². The molecule has 0 aliphatic heterocycles. The summed E-state index contributed by atoms with van der Waals surface area (Å²) >= 11 is 0. The topological polar surface area (TPSA) is 71.8 Å². The summed E-state index contributed by atoms with van der Waals surface area (Å²) in [5, 5.41) is 9.72. The summed E-state index contributed by atoms with van der Waals surface area (Å²) in [6, 6.07) is 7.41. The van der Waals surface area contributed by atoms with Gasteiger partial charge in [0.15, 0.2) is 0 Å². The van der Waals surface area contributed by atoms with E-state index in [1.807, 2.05) is 13.0 Å². The molecule has 1 amide bonds. The van der Waals surface area contributed by atoms with E-state index in [9.17, 15) is 4.79 Å². The molecule has 0 unspecified atom stereocenters. The summed E-state index contributed by atoms with van der Waals surface area (Å²) in [5.41, 5.74) is 8.13. The zero-order chi connectivity index (χ0) is 11.9. The van der Waals surface area contributed by atoms with E-state index in [2.05, 4.69) is 6.07 Å². The van der Waals surface area contributed by atoms with Gasteiger partial charge >= 0.3 is 0 Å². The van der Waals surface area contributed by atoms with Crippen LogP contribution in [0, 0.1) is 18.3 Å². The van der Waals surface area contributed by atoms with Gasteiger partial charge in [0.25, 0.3) is 5.91 Å². The fourth-order valence-corrected chi connectivity index (χ4v) is 2.05. The summed E-state index contributed by atoms with van der Waals surface area (Å²) in [4.78, 5) is 11.3. The molecule has 0 spiro atoms. The number of amides is 1. The zero-order valence-corrected chi connectivity index (χ0v) is 9.11. The molecule has 0 atom stereocenters. The van der Waals surface area contributed by atoms with E-state index in [-0.39, 0.29) is 0 Å². The Morgan fingerprint density at radius 3 is 2.75 bits per heavy atom. The van der Waals surface area contributed by atoms with Crippen LogP contribution < -0.4 is 5.73 Å². The first-order valence-corrected chi connectivity index (χ1v) is 4.85. The number of aromatic nitrogens is 1. The number of nitrogens with two attached hydrogens (primary N) is 1. The van der Waals surface area contributed by atoms with Crippen molar-refractivity contribution in [2.24, 2.45) is 12.8 Å². The molecular formula is C12H11N3O. The van der Waals surface area contributed by atoms with Gasteiger partial charge in [-0.3, -0.25) is 4.79 Å². The molecule has 0 bridgehead atoms. The van der Waals surface area contributed by atoms with Crippen molar-refractivity contribution in [1.82, 2.24) is 4.57 Å². The van der Waals surface area contributed by atoms with Gasteiger partial charge in [0.05, 0.1) is 11.6 Å². The number of benzene rings is 1. The second-order valence-electron chi connectivity index (χ2n) is 3.74. The number of nitriles is 1. The quantitative estimate of drug-likeness (QED) is 0.778. The van der Waals surface area contributed by atoms with Crippen LogP contribution in [-0.2, 0) is 7.05 Å². The first kappa shape index (κ1) is 10.2. The molecule has 2 aromatic rings. The molecule has 80 valence electrons. The number of hydrogen-bond acceptors (Lipinski definition) is 2. The third kappa shape index (κ3) is 1.26. The number of primary amides is 1. The standard InChI is InChI=1S/C12H11N3O/c1-7-9-5-8(6-13)3-4-10(9)15(2)11(7)12(14)16/h3-5H,1-2H3,(H2,14,16). The Morgan fingerprint density at radius 2 is 2.19 bits per heavy atom. The number of carbonyl (C=O) groups excluding carboxylic acids is 1. The Balaban J connectivity index is 2.89. The van der Waals surface area contributed by atoms with Crippen molar-refractivity contribution in [3.8, 4) is 6.07 Å². The molecular weight excluding hydrogens is 202 g/mol. The first-order chi connectivity index (χ1) is 7.56. The lowest BCUT2D eigenvalue weighted by molar-refractivity contribution is 0.0992. The molecule has 1 aromatic carbocycles. The van der Waals surface area contributed by atoms with Gasteiger partial charge in [0.2, 0.25) is 0 Å². The van der Waals surface area contributed by atoms with Gasteiger partial charge in [-0.1, -0.05) is 0 Å². The Kier molecular flexibility index (Phi) is 2.17. The molecule has 0 saturated carbocycles. The summed E-state index contributed by atoms with van der Waals surface area (Å²) in [7, 11) is 1.79. The van der Waals surface area contributed by atoms with Gasteiger partial charge in [-0.2, -0.15) is 5.26 Å². The lowest BCUT2D eigenvalue weighted by atomic mass is 10.1. The van der Waals surface area contributed by atoms with E-state index in [1.165, 1.54) is 0 Å². The Hall–Kier alpha value is -2.28. The van der Waals surface area contributed by atoms with Crippen molar-refractivity contribution in [2.45, 2.75) is 6.92 Å². The smallest absolute Gasteiger partial charge is 0.265 e. The fourth-order valence-electron chi connectivity index (χ4n) is 2.05. The van der Waals surface area contributed by atoms with E-state index < -0.39 is 5.91 Å². The monoisotopic (exact) mass is 213 g/mol. The molecule has 16 heavy (non-hydrogen) atoms. The summed E-state index contributed by atoms with van der Waals surface area (Å²) in [5.74, 6) is -0.449. The van der Waals surface area contributed by atoms with Crippen LogP contribution in [0.5, 0.6) is 0 Å². The summed E-state index contributed by atoms with van der Waals surface area (Å²) in [6.45, 7) is 1.84. The number of nitrogens with zero attached hydrogens (tertiary/aromatic N) is 2. The lowest BCUT2D eigenvalue weighted by Crippen LogP contribution is -2.16. The molecule has 0 radical (unpaired) electrons. The normalized spacial score (nSPS) is 10.3. The molecule has 0 aliphatic carbocycles. The van der Waals surface area contributed by atoms with Gasteiger partial charge in [-0.15, -0.1) is 0 Å². The number of hydrogen-bond donors (Lipinski definition) is 1. The molecule has 1 aromatic heterocycles. The zero-order valence-electron chi connectivity index (χ0n) is 9.11. The van der Waals surface area contributed by atoms with Crippen molar-refractivity contribution in [1.29, 1.82) is 5.26 Å². The predicted molar refractivity (Wildman–Crippen MR) is 60.9 cm³/mol. The minimum atomic E-state index is -0.449. The maximum Gasteiger partial charge on any atom is 0.265 e. The SMILES string of the molecule is Cc1c(C(N)=O)n(C)c2ccc(C#N)cc12. The predicted octanol–water partition coefficient (Wildman–Crippen LogP) is 1.46. The average Bonchev–Trinajstić information content (AvgIpc) is 2.51. The van der Waals surface area contributed by atoms with E-state index in [0.717, 1.165) is 16.5 Å². The third-order valence-electron chi connectivity index (χ3n) is 2.82. The van der Waals surface area contributed by atoms with Crippen molar-refractivity contribution >= 4 is 16.8 Å². The molecule has 4 heteroatoms. The molecule has 2 N–H and O–H groups in total. The van der Waals surface area contributed by atoms with Gasteiger partial charge < -0.3 is 10.3 Å². The van der Waals surface area contributed by atoms with E-state index in [0.29, 0.717) is 11.3 Å². The highest BCUT2D eigenvalue weighted by molar-refractivity contribution is 6.01. The van der Waals surface area contributed by atoms with Crippen LogP contribution in [0.1, 0.15) is 21.6 Å². The van der Waals surface area contributed by atoms with Crippen LogP contribution in [0.25, 0.3) is 10.9 Å².